The Morgan fingerprint density at radius 1 is 0.909 bits per heavy atom. The van der Waals surface area contributed by atoms with Crippen molar-refractivity contribution in [2.24, 2.45) is 23.7 Å². The van der Waals surface area contributed by atoms with Gasteiger partial charge in [0.1, 0.15) is 9.75 Å². The van der Waals surface area contributed by atoms with Crippen molar-refractivity contribution in [1.29, 1.82) is 0 Å². The molecule has 6 rings (SSSR count). The number of alkyl halides is 4. The van der Waals surface area contributed by atoms with Gasteiger partial charge in [0.2, 0.25) is 5.91 Å². The first-order valence-electron chi connectivity index (χ1n) is 10.2. The number of hydrazine groups is 1. The van der Waals surface area contributed by atoms with E-state index in [-0.39, 0.29) is 16.5 Å². The molecule has 5 aliphatic rings. The van der Waals surface area contributed by atoms with Crippen molar-refractivity contribution in [3.63, 3.8) is 0 Å². The summed E-state index contributed by atoms with van der Waals surface area (Å²) in [6.45, 7) is 0. The smallest absolute Gasteiger partial charge is 0.254 e. The second-order valence-corrected chi connectivity index (χ2v) is 12.3. The molecule has 3 saturated heterocycles. The minimum atomic E-state index is -1.78. The lowest BCUT2D eigenvalue weighted by Gasteiger charge is -2.39. The SMILES string of the molecule is O=C(Cc1ccccc1)NN1C(=O)C2C3OC(C2C1=O)C1C3C2(Cl)C(Cl)=C(Cl)C1(Cl)C2(Cl)Cl. The largest absolute Gasteiger partial charge is 0.373 e. The van der Waals surface area contributed by atoms with Gasteiger partial charge in [-0.2, -0.15) is 5.01 Å². The molecule has 174 valence electrons. The van der Waals surface area contributed by atoms with Gasteiger partial charge >= 0.3 is 0 Å². The Balaban J connectivity index is 1.31. The molecule has 6 nitrogen and oxygen atoms in total. The molecule has 2 aliphatic carbocycles. The molecule has 3 heterocycles. The molecule has 1 aromatic carbocycles. The van der Waals surface area contributed by atoms with Gasteiger partial charge < -0.3 is 4.74 Å². The van der Waals surface area contributed by atoms with E-state index in [1.807, 2.05) is 6.07 Å². The maximum atomic E-state index is 13.3. The van der Waals surface area contributed by atoms with E-state index in [9.17, 15) is 14.4 Å². The van der Waals surface area contributed by atoms with Crippen molar-refractivity contribution in [3.8, 4) is 0 Å². The van der Waals surface area contributed by atoms with Gasteiger partial charge in [-0.25, -0.2) is 0 Å². The number of hydrogen-bond donors (Lipinski definition) is 1. The summed E-state index contributed by atoms with van der Waals surface area (Å²) >= 11 is 40.1. The second kappa shape index (κ2) is 6.94. The Kier molecular flexibility index (Phi) is 4.77. The van der Waals surface area contributed by atoms with E-state index < -0.39 is 67.7 Å². The van der Waals surface area contributed by atoms with Crippen LogP contribution in [0.5, 0.6) is 0 Å². The van der Waals surface area contributed by atoms with Crippen LogP contribution in [0.25, 0.3) is 0 Å². The number of ether oxygens (including phenoxy) is 1. The highest BCUT2D eigenvalue weighted by atomic mass is 35.5. The molecule has 8 unspecified atom stereocenters. The predicted molar refractivity (Wildman–Crippen MR) is 123 cm³/mol. The molecule has 8 atom stereocenters. The number of imide groups is 1. The number of allylic oxidation sites excluding steroid dienone is 2. The van der Waals surface area contributed by atoms with Crippen LogP contribution in [0, 0.1) is 23.7 Å². The Labute approximate surface area is 218 Å². The maximum absolute atomic E-state index is 13.3. The van der Waals surface area contributed by atoms with Gasteiger partial charge in [0.25, 0.3) is 11.8 Å². The second-order valence-electron chi connectivity index (χ2n) is 9.00. The lowest BCUT2D eigenvalue weighted by Crippen LogP contribution is -2.50. The van der Waals surface area contributed by atoms with E-state index in [0.717, 1.165) is 10.6 Å². The van der Waals surface area contributed by atoms with Gasteiger partial charge in [0.05, 0.1) is 40.5 Å². The summed E-state index contributed by atoms with van der Waals surface area (Å²) in [7, 11) is 0. The van der Waals surface area contributed by atoms with Crippen molar-refractivity contribution in [2.75, 3.05) is 0 Å². The highest BCUT2D eigenvalue weighted by Crippen LogP contribution is 2.81. The summed E-state index contributed by atoms with van der Waals surface area (Å²) in [5.41, 5.74) is 3.18. The summed E-state index contributed by atoms with van der Waals surface area (Å²) in [5.74, 6) is -4.69. The lowest BCUT2D eigenvalue weighted by atomic mass is 9.65. The van der Waals surface area contributed by atoms with E-state index >= 15 is 0 Å². The Morgan fingerprint density at radius 2 is 1.39 bits per heavy atom. The summed E-state index contributed by atoms with van der Waals surface area (Å²) in [6.07, 6.45) is -1.62. The molecule has 3 aliphatic heterocycles. The number of amides is 3. The molecule has 0 aromatic heterocycles. The van der Waals surface area contributed by atoms with Crippen LogP contribution in [0.1, 0.15) is 5.56 Å². The third kappa shape index (κ3) is 2.42. The molecule has 0 spiro atoms. The third-order valence-corrected chi connectivity index (χ3v) is 11.9. The number of benzene rings is 1. The molecule has 33 heavy (non-hydrogen) atoms. The van der Waals surface area contributed by atoms with Gasteiger partial charge in [0.15, 0.2) is 4.33 Å². The van der Waals surface area contributed by atoms with Crippen molar-refractivity contribution in [2.45, 2.75) is 32.7 Å². The highest BCUT2D eigenvalue weighted by Gasteiger charge is 2.90. The molecule has 1 aromatic rings. The van der Waals surface area contributed by atoms with E-state index in [1.165, 1.54) is 0 Å². The van der Waals surface area contributed by atoms with Crippen molar-refractivity contribution >= 4 is 87.3 Å². The third-order valence-electron chi connectivity index (χ3n) is 7.62. The Hall–Kier alpha value is -0.730. The zero-order valence-corrected chi connectivity index (χ0v) is 20.9. The van der Waals surface area contributed by atoms with Crippen LogP contribution in [-0.4, -0.2) is 49.0 Å². The minimum absolute atomic E-state index is 0.00751. The number of rotatable bonds is 3. The Morgan fingerprint density at radius 3 is 1.88 bits per heavy atom. The number of carbonyl (C=O) groups is 3. The quantitative estimate of drug-likeness (QED) is 0.444. The zero-order valence-electron chi connectivity index (χ0n) is 16.4. The monoisotopic (exact) mass is 568 g/mol. The standard InChI is InChI=1S/C21H14Cl6N2O4/c22-15-16(23)20(25)12-11(19(15,24)21(20,26)27)13-9-10(14(12)33-13)18(32)29(17(9)31)28-8(30)6-7-4-2-1-3-5-7/h1-5,9-14H,6H2,(H,28,30). The number of halogens is 6. The first kappa shape index (κ1) is 22.7. The molecule has 12 heteroatoms. The number of fused-ring (bicyclic) bond motifs is 12. The first-order valence-corrected chi connectivity index (χ1v) is 12.4. The van der Waals surface area contributed by atoms with Crippen LogP contribution in [0.2, 0.25) is 0 Å². The van der Waals surface area contributed by atoms with E-state index in [0.29, 0.717) is 0 Å². The zero-order chi connectivity index (χ0) is 23.7. The van der Waals surface area contributed by atoms with Crippen molar-refractivity contribution < 1.29 is 19.1 Å². The van der Waals surface area contributed by atoms with Crippen molar-refractivity contribution in [1.82, 2.24) is 10.4 Å². The summed E-state index contributed by atoms with van der Waals surface area (Å²) < 4.78 is 4.31. The fourth-order valence-electron chi connectivity index (χ4n) is 6.35. The van der Waals surface area contributed by atoms with Gasteiger partial charge in [-0.15, -0.1) is 23.2 Å². The van der Waals surface area contributed by atoms with E-state index in [4.69, 9.17) is 74.3 Å². The minimum Gasteiger partial charge on any atom is -0.373 e. The molecule has 4 fully saturated rings. The topological polar surface area (TPSA) is 75.7 Å². The van der Waals surface area contributed by atoms with E-state index in [2.05, 4.69) is 5.43 Å². The van der Waals surface area contributed by atoms with Gasteiger partial charge in [-0.1, -0.05) is 76.7 Å². The van der Waals surface area contributed by atoms with E-state index in [1.54, 1.807) is 24.3 Å². The number of hydrogen-bond acceptors (Lipinski definition) is 4. The average molecular weight is 571 g/mol. The number of nitrogens with one attached hydrogen (secondary N) is 1. The number of nitrogens with zero attached hydrogens (tertiary/aromatic N) is 1. The van der Waals surface area contributed by atoms with Crippen molar-refractivity contribution in [3.05, 3.63) is 46.0 Å². The lowest BCUT2D eigenvalue weighted by molar-refractivity contribution is -0.151. The molecule has 3 amide bonds. The molecule has 0 radical (unpaired) electrons. The molecular formula is C21H14Cl6N2O4. The van der Waals surface area contributed by atoms with Gasteiger partial charge in [-0.3, -0.25) is 19.8 Å². The predicted octanol–water partition coefficient (Wildman–Crippen LogP) is 3.72. The summed E-state index contributed by atoms with van der Waals surface area (Å²) in [4.78, 5) is 35.9. The molecule has 4 bridgehead atoms. The maximum Gasteiger partial charge on any atom is 0.254 e. The van der Waals surface area contributed by atoms with Crippen LogP contribution in [0.3, 0.4) is 0 Å². The average Bonchev–Trinajstić information content (AvgIpc) is 3.47. The molecule has 1 saturated carbocycles. The van der Waals surface area contributed by atoms with Gasteiger partial charge in [-0.05, 0) is 5.56 Å². The van der Waals surface area contributed by atoms with Crippen LogP contribution in [-0.2, 0) is 25.5 Å². The summed E-state index contributed by atoms with van der Waals surface area (Å²) in [5, 5.41) is 0.813. The molecule has 1 N–H and O–H groups in total. The first-order chi connectivity index (χ1) is 15.5. The molecular weight excluding hydrogens is 557 g/mol. The fraction of sp³-hybridized carbons (Fsp3) is 0.476. The van der Waals surface area contributed by atoms with Gasteiger partial charge in [0, 0.05) is 11.8 Å². The summed E-state index contributed by atoms with van der Waals surface area (Å²) in [6, 6.07) is 8.97. The van der Waals surface area contributed by atoms with Crippen LogP contribution >= 0.6 is 69.6 Å². The normalized spacial score (nSPS) is 44.0. The van der Waals surface area contributed by atoms with Crippen LogP contribution in [0.4, 0.5) is 0 Å². The number of carbonyl (C=O) groups excluding carboxylic acids is 3. The Bertz CT molecular complexity index is 1100. The highest BCUT2D eigenvalue weighted by molar-refractivity contribution is 6.65. The van der Waals surface area contributed by atoms with Crippen LogP contribution < -0.4 is 5.43 Å². The van der Waals surface area contributed by atoms with Crippen LogP contribution in [0.15, 0.2) is 40.4 Å². The fourth-order valence-corrected chi connectivity index (χ4v) is 9.41.